The van der Waals surface area contributed by atoms with Gasteiger partial charge >= 0.3 is 0 Å². The van der Waals surface area contributed by atoms with Gasteiger partial charge in [0.25, 0.3) is 0 Å². The highest BCUT2D eigenvalue weighted by atomic mass is 16.5. The monoisotopic (exact) mass is 250 g/mol. The highest BCUT2D eigenvalue weighted by molar-refractivity contribution is 5.02. The number of nitrogens with one attached hydrogen (secondary N) is 1. The number of aromatic nitrogens is 2. The van der Waals surface area contributed by atoms with E-state index in [9.17, 15) is 0 Å². The van der Waals surface area contributed by atoms with E-state index in [1.54, 1.807) is 0 Å². The molecule has 5 heteroatoms. The lowest BCUT2D eigenvalue weighted by molar-refractivity contribution is 0.217. The lowest BCUT2D eigenvalue weighted by atomic mass is 9.96. The molecule has 100 valence electrons. The van der Waals surface area contributed by atoms with Crippen LogP contribution in [-0.4, -0.2) is 47.8 Å². The van der Waals surface area contributed by atoms with Gasteiger partial charge in [0.15, 0.2) is 5.82 Å². The molecule has 1 aromatic rings. The first kappa shape index (κ1) is 12.1. The Morgan fingerprint density at radius 3 is 2.78 bits per heavy atom. The molecule has 1 atom stereocenters. The van der Waals surface area contributed by atoms with Crippen LogP contribution in [0.5, 0.6) is 0 Å². The van der Waals surface area contributed by atoms with Gasteiger partial charge in [0.1, 0.15) is 0 Å². The lowest BCUT2D eigenvalue weighted by Crippen LogP contribution is -2.32. The second kappa shape index (κ2) is 5.36. The van der Waals surface area contributed by atoms with Crippen molar-refractivity contribution in [2.24, 2.45) is 0 Å². The van der Waals surface area contributed by atoms with Crippen molar-refractivity contribution in [2.45, 2.75) is 38.0 Å². The Morgan fingerprint density at radius 1 is 1.28 bits per heavy atom. The molecule has 2 fully saturated rings. The molecule has 2 aliphatic heterocycles. The second-order valence-corrected chi connectivity index (χ2v) is 5.39. The first-order valence-corrected chi connectivity index (χ1v) is 7.13. The van der Waals surface area contributed by atoms with Crippen LogP contribution in [0.1, 0.15) is 49.7 Å². The van der Waals surface area contributed by atoms with Crippen LogP contribution in [0, 0.1) is 0 Å². The number of hydrogen-bond donors (Lipinski definition) is 1. The average Bonchev–Trinajstić information content (AvgIpc) is 3.09. The molecule has 3 heterocycles. The van der Waals surface area contributed by atoms with Crippen molar-refractivity contribution in [3.05, 3.63) is 11.7 Å². The third-order valence-electron chi connectivity index (χ3n) is 4.27. The molecular formula is C13H22N4O. The molecular weight excluding hydrogens is 228 g/mol. The largest absolute Gasteiger partial charge is 0.339 e. The number of nitrogens with zero attached hydrogens (tertiary/aromatic N) is 3. The Morgan fingerprint density at radius 2 is 2.11 bits per heavy atom. The Labute approximate surface area is 108 Å². The zero-order chi connectivity index (χ0) is 12.4. The summed E-state index contributed by atoms with van der Waals surface area (Å²) in [5, 5.41) is 7.54. The van der Waals surface area contributed by atoms with Gasteiger partial charge in [-0.05, 0) is 45.4 Å². The fourth-order valence-electron chi connectivity index (χ4n) is 2.95. The van der Waals surface area contributed by atoms with Gasteiger partial charge in [-0.15, -0.1) is 0 Å². The predicted octanol–water partition coefficient (Wildman–Crippen LogP) is 1.35. The topological polar surface area (TPSA) is 54.2 Å². The highest BCUT2D eigenvalue weighted by Crippen LogP contribution is 2.28. The summed E-state index contributed by atoms with van der Waals surface area (Å²) in [6.07, 6.45) is 3.45. The lowest BCUT2D eigenvalue weighted by Gasteiger charge is -2.29. The SMILES string of the molecule is CCN1CCC(c2noc(C3CCNC3)n2)CC1. The standard InChI is InChI=1S/C13H22N4O/c1-2-17-7-4-10(5-8-17)12-15-13(18-16-12)11-3-6-14-9-11/h10-11,14H,2-9H2,1H3. The Balaban J connectivity index is 1.62. The van der Waals surface area contributed by atoms with Crippen LogP contribution in [0.25, 0.3) is 0 Å². The molecule has 1 aromatic heterocycles. The molecule has 18 heavy (non-hydrogen) atoms. The smallest absolute Gasteiger partial charge is 0.231 e. The third kappa shape index (κ3) is 2.42. The summed E-state index contributed by atoms with van der Waals surface area (Å²) in [6.45, 7) is 7.75. The maximum atomic E-state index is 5.44. The van der Waals surface area contributed by atoms with Gasteiger partial charge in [-0.2, -0.15) is 4.98 Å². The molecule has 2 saturated heterocycles. The summed E-state index contributed by atoms with van der Waals surface area (Å²) < 4.78 is 5.44. The van der Waals surface area contributed by atoms with Crippen LogP contribution in [-0.2, 0) is 0 Å². The number of hydrogen-bond acceptors (Lipinski definition) is 5. The zero-order valence-electron chi connectivity index (χ0n) is 11.1. The van der Waals surface area contributed by atoms with Crippen molar-refractivity contribution in [3.63, 3.8) is 0 Å². The van der Waals surface area contributed by atoms with Gasteiger partial charge in [-0.3, -0.25) is 0 Å². The fourth-order valence-corrected chi connectivity index (χ4v) is 2.95. The van der Waals surface area contributed by atoms with Crippen molar-refractivity contribution >= 4 is 0 Å². The number of likely N-dealkylation sites (tertiary alicyclic amines) is 1. The molecule has 5 nitrogen and oxygen atoms in total. The molecule has 0 radical (unpaired) electrons. The first-order chi connectivity index (χ1) is 8.86. The summed E-state index contributed by atoms with van der Waals surface area (Å²) in [6, 6.07) is 0. The van der Waals surface area contributed by atoms with Gasteiger partial charge in [0, 0.05) is 12.5 Å². The van der Waals surface area contributed by atoms with Crippen LogP contribution in [0.15, 0.2) is 4.52 Å². The summed E-state index contributed by atoms with van der Waals surface area (Å²) in [4.78, 5) is 7.12. The first-order valence-electron chi connectivity index (χ1n) is 7.13. The highest BCUT2D eigenvalue weighted by Gasteiger charge is 2.27. The predicted molar refractivity (Wildman–Crippen MR) is 68.6 cm³/mol. The summed E-state index contributed by atoms with van der Waals surface area (Å²) in [5.74, 6) is 2.71. The van der Waals surface area contributed by atoms with E-state index < -0.39 is 0 Å². The molecule has 0 bridgehead atoms. The average molecular weight is 250 g/mol. The van der Waals surface area contributed by atoms with Crippen molar-refractivity contribution in [1.82, 2.24) is 20.4 Å². The second-order valence-electron chi connectivity index (χ2n) is 5.39. The molecule has 0 spiro atoms. The van der Waals surface area contributed by atoms with E-state index in [0.29, 0.717) is 11.8 Å². The normalized spacial score (nSPS) is 26.8. The number of rotatable bonds is 3. The Kier molecular flexibility index (Phi) is 3.61. The van der Waals surface area contributed by atoms with E-state index in [4.69, 9.17) is 4.52 Å². The van der Waals surface area contributed by atoms with Crippen LogP contribution in [0.3, 0.4) is 0 Å². The zero-order valence-corrected chi connectivity index (χ0v) is 11.1. The quantitative estimate of drug-likeness (QED) is 0.877. The van der Waals surface area contributed by atoms with Crippen LogP contribution in [0.2, 0.25) is 0 Å². The van der Waals surface area contributed by atoms with Gasteiger partial charge in [0.05, 0.1) is 5.92 Å². The molecule has 3 rings (SSSR count). The summed E-state index contributed by atoms with van der Waals surface area (Å²) in [5.41, 5.74) is 0. The van der Waals surface area contributed by atoms with E-state index in [0.717, 1.165) is 63.7 Å². The Bertz CT molecular complexity index is 378. The minimum absolute atomic E-state index is 0.432. The molecule has 0 aromatic carbocycles. The van der Waals surface area contributed by atoms with Gasteiger partial charge < -0.3 is 14.7 Å². The van der Waals surface area contributed by atoms with Crippen molar-refractivity contribution in [1.29, 1.82) is 0 Å². The van der Waals surface area contributed by atoms with E-state index in [1.165, 1.54) is 0 Å². The van der Waals surface area contributed by atoms with Gasteiger partial charge in [-0.25, -0.2) is 0 Å². The maximum Gasteiger partial charge on any atom is 0.231 e. The minimum Gasteiger partial charge on any atom is -0.339 e. The third-order valence-corrected chi connectivity index (χ3v) is 4.27. The van der Waals surface area contributed by atoms with Crippen molar-refractivity contribution in [3.8, 4) is 0 Å². The summed E-state index contributed by atoms with van der Waals surface area (Å²) in [7, 11) is 0. The van der Waals surface area contributed by atoms with Crippen molar-refractivity contribution in [2.75, 3.05) is 32.7 Å². The van der Waals surface area contributed by atoms with Crippen LogP contribution < -0.4 is 5.32 Å². The van der Waals surface area contributed by atoms with E-state index in [2.05, 4.69) is 27.3 Å². The number of piperidine rings is 1. The summed E-state index contributed by atoms with van der Waals surface area (Å²) >= 11 is 0. The fraction of sp³-hybridized carbons (Fsp3) is 0.846. The van der Waals surface area contributed by atoms with Crippen LogP contribution >= 0.6 is 0 Å². The molecule has 0 saturated carbocycles. The van der Waals surface area contributed by atoms with E-state index in [1.807, 2.05) is 0 Å². The minimum atomic E-state index is 0.432. The van der Waals surface area contributed by atoms with Crippen molar-refractivity contribution < 1.29 is 4.52 Å². The molecule has 1 N–H and O–H groups in total. The van der Waals surface area contributed by atoms with E-state index >= 15 is 0 Å². The Hall–Kier alpha value is -0.940. The molecule has 1 unspecified atom stereocenters. The van der Waals surface area contributed by atoms with Gasteiger partial charge in [0.2, 0.25) is 5.89 Å². The maximum absolute atomic E-state index is 5.44. The van der Waals surface area contributed by atoms with Crippen LogP contribution in [0.4, 0.5) is 0 Å². The molecule has 0 amide bonds. The molecule has 0 aliphatic carbocycles. The van der Waals surface area contributed by atoms with E-state index in [-0.39, 0.29) is 0 Å². The molecule has 2 aliphatic rings. The van der Waals surface area contributed by atoms with Gasteiger partial charge in [-0.1, -0.05) is 12.1 Å².